The molecule has 108 valence electrons. The number of aryl methyl sites for hydroxylation is 2. The predicted molar refractivity (Wildman–Crippen MR) is 82.9 cm³/mol. The quantitative estimate of drug-likeness (QED) is 0.909. The molecule has 0 fully saturated rings. The molecule has 0 aliphatic heterocycles. The summed E-state index contributed by atoms with van der Waals surface area (Å²) in [6.07, 6.45) is 0.820. The Kier molecular flexibility index (Phi) is 4.78. The van der Waals surface area contributed by atoms with Crippen LogP contribution >= 0.6 is 23.2 Å². The predicted octanol–water partition coefficient (Wildman–Crippen LogP) is 3.91. The highest BCUT2D eigenvalue weighted by Gasteiger charge is 2.12. The van der Waals surface area contributed by atoms with Gasteiger partial charge in [-0.1, -0.05) is 30.1 Å². The molecule has 0 unspecified atom stereocenters. The van der Waals surface area contributed by atoms with Crippen molar-refractivity contribution in [1.82, 2.24) is 9.78 Å². The number of nitrogens with zero attached hydrogens (tertiary/aromatic N) is 2. The molecule has 2 aromatic rings. The smallest absolute Gasteiger partial charge is 0.137 e. The Morgan fingerprint density at radius 1 is 1.35 bits per heavy atom. The number of hydrogen-bond donors (Lipinski definition) is 1. The van der Waals surface area contributed by atoms with E-state index in [1.54, 1.807) is 11.8 Å². The van der Waals surface area contributed by atoms with E-state index in [-0.39, 0.29) is 0 Å². The summed E-state index contributed by atoms with van der Waals surface area (Å²) in [6, 6.07) is 5.56. The Morgan fingerprint density at radius 2 is 2.10 bits per heavy atom. The Labute approximate surface area is 128 Å². The van der Waals surface area contributed by atoms with Crippen molar-refractivity contribution in [2.75, 3.05) is 12.4 Å². The highest BCUT2D eigenvalue weighted by atomic mass is 35.5. The zero-order chi connectivity index (χ0) is 14.7. The number of nitrogens with one attached hydrogen (secondary N) is 1. The minimum atomic E-state index is 0.572. The first kappa shape index (κ1) is 15.0. The van der Waals surface area contributed by atoms with Gasteiger partial charge < -0.3 is 10.1 Å². The highest BCUT2D eigenvalue weighted by molar-refractivity contribution is 6.32. The van der Waals surface area contributed by atoms with Gasteiger partial charge in [-0.25, -0.2) is 0 Å². The fourth-order valence-corrected chi connectivity index (χ4v) is 2.59. The molecule has 1 aromatic heterocycles. The second-order valence-corrected chi connectivity index (χ2v) is 5.17. The molecule has 0 saturated carbocycles. The van der Waals surface area contributed by atoms with Gasteiger partial charge in [-0.05, 0) is 24.6 Å². The topological polar surface area (TPSA) is 39.1 Å². The van der Waals surface area contributed by atoms with Crippen LogP contribution in [0.15, 0.2) is 18.2 Å². The first-order valence-corrected chi connectivity index (χ1v) is 7.10. The van der Waals surface area contributed by atoms with Gasteiger partial charge in [0.25, 0.3) is 0 Å². The van der Waals surface area contributed by atoms with Crippen molar-refractivity contribution in [1.29, 1.82) is 0 Å². The summed E-state index contributed by atoms with van der Waals surface area (Å²) in [5.74, 6) is 0.657. The number of anilines is 1. The third-order valence-electron chi connectivity index (χ3n) is 3.11. The third kappa shape index (κ3) is 3.02. The summed E-state index contributed by atoms with van der Waals surface area (Å²) in [7, 11) is 3.49. The average Bonchev–Trinajstić information content (AvgIpc) is 2.71. The number of ether oxygens (including phenoxy) is 1. The van der Waals surface area contributed by atoms with Crippen LogP contribution in [0, 0.1) is 0 Å². The Balaban J connectivity index is 2.13. The van der Waals surface area contributed by atoms with Crippen LogP contribution in [0.3, 0.4) is 0 Å². The van der Waals surface area contributed by atoms with Gasteiger partial charge in [-0.15, -0.1) is 0 Å². The molecule has 0 spiro atoms. The van der Waals surface area contributed by atoms with Crippen LogP contribution in [0.1, 0.15) is 18.3 Å². The summed E-state index contributed by atoms with van der Waals surface area (Å²) >= 11 is 12.4. The molecule has 0 aliphatic rings. The third-order valence-corrected chi connectivity index (χ3v) is 3.85. The van der Waals surface area contributed by atoms with Gasteiger partial charge in [0.2, 0.25) is 0 Å². The number of hydrogen-bond acceptors (Lipinski definition) is 3. The average molecular weight is 314 g/mol. The fourth-order valence-electron chi connectivity index (χ4n) is 1.97. The second kappa shape index (κ2) is 6.37. The van der Waals surface area contributed by atoms with E-state index in [4.69, 9.17) is 27.9 Å². The standard InChI is InChI=1S/C14H17Cl2N3O/c1-4-11-14(16)12(19(2)18-11)8-17-9-5-6-13(20-3)10(15)7-9/h5-7,17H,4,8H2,1-3H3. The molecule has 1 N–H and O–H groups in total. The van der Waals surface area contributed by atoms with Crippen molar-refractivity contribution < 1.29 is 4.74 Å². The van der Waals surface area contributed by atoms with Crippen molar-refractivity contribution in [3.05, 3.63) is 39.6 Å². The minimum Gasteiger partial charge on any atom is -0.495 e. The van der Waals surface area contributed by atoms with Crippen molar-refractivity contribution in [3.8, 4) is 5.75 Å². The fraction of sp³-hybridized carbons (Fsp3) is 0.357. The maximum Gasteiger partial charge on any atom is 0.137 e. The zero-order valence-corrected chi connectivity index (χ0v) is 13.2. The van der Waals surface area contributed by atoms with Crippen LogP contribution in [0.2, 0.25) is 10.0 Å². The van der Waals surface area contributed by atoms with E-state index in [2.05, 4.69) is 10.4 Å². The number of rotatable bonds is 5. The van der Waals surface area contributed by atoms with Crippen LogP contribution in [0.5, 0.6) is 5.75 Å². The lowest BCUT2D eigenvalue weighted by Crippen LogP contribution is -2.06. The Bertz CT molecular complexity index is 611. The van der Waals surface area contributed by atoms with Crippen LogP contribution < -0.4 is 10.1 Å². The monoisotopic (exact) mass is 313 g/mol. The molecule has 0 atom stereocenters. The largest absolute Gasteiger partial charge is 0.495 e. The molecule has 4 nitrogen and oxygen atoms in total. The molecule has 1 aromatic carbocycles. The van der Waals surface area contributed by atoms with Crippen LogP contribution in [0.4, 0.5) is 5.69 Å². The second-order valence-electron chi connectivity index (χ2n) is 4.39. The molecule has 0 aliphatic carbocycles. The van der Waals surface area contributed by atoms with Crippen LogP contribution in [-0.4, -0.2) is 16.9 Å². The molecule has 0 saturated heterocycles. The lowest BCUT2D eigenvalue weighted by Gasteiger charge is -2.09. The summed E-state index contributed by atoms with van der Waals surface area (Å²) in [4.78, 5) is 0. The first-order valence-electron chi connectivity index (χ1n) is 6.34. The first-order chi connectivity index (χ1) is 9.56. The summed E-state index contributed by atoms with van der Waals surface area (Å²) < 4.78 is 6.93. The SMILES string of the molecule is CCc1nn(C)c(CNc2ccc(OC)c(Cl)c2)c1Cl. The summed E-state index contributed by atoms with van der Waals surface area (Å²) in [6.45, 7) is 2.62. The molecule has 6 heteroatoms. The molecular formula is C14H17Cl2N3O. The highest BCUT2D eigenvalue weighted by Crippen LogP contribution is 2.28. The molecule has 0 radical (unpaired) electrons. The molecule has 1 heterocycles. The van der Waals surface area contributed by atoms with Gasteiger partial charge in [0.15, 0.2) is 0 Å². The number of halogens is 2. The zero-order valence-electron chi connectivity index (χ0n) is 11.7. The molecule has 20 heavy (non-hydrogen) atoms. The molecule has 2 rings (SSSR count). The van der Waals surface area contributed by atoms with Crippen molar-refractivity contribution in [2.24, 2.45) is 7.05 Å². The maximum atomic E-state index is 6.31. The van der Waals surface area contributed by atoms with Crippen molar-refractivity contribution >= 4 is 28.9 Å². The number of aromatic nitrogens is 2. The van der Waals surface area contributed by atoms with Crippen molar-refractivity contribution in [3.63, 3.8) is 0 Å². The van der Waals surface area contributed by atoms with E-state index in [1.807, 2.05) is 32.2 Å². The lowest BCUT2D eigenvalue weighted by atomic mass is 10.2. The Morgan fingerprint density at radius 3 is 2.65 bits per heavy atom. The van der Waals surface area contributed by atoms with Crippen LogP contribution in [-0.2, 0) is 20.0 Å². The van der Waals surface area contributed by atoms with E-state index in [0.29, 0.717) is 17.3 Å². The van der Waals surface area contributed by atoms with Gasteiger partial charge in [-0.3, -0.25) is 4.68 Å². The van der Waals surface area contributed by atoms with Crippen LogP contribution in [0.25, 0.3) is 0 Å². The van der Waals surface area contributed by atoms with E-state index in [9.17, 15) is 0 Å². The number of methoxy groups -OCH3 is 1. The summed E-state index contributed by atoms with van der Waals surface area (Å²) in [5.41, 5.74) is 2.78. The van der Waals surface area contributed by atoms with E-state index in [0.717, 1.165) is 28.5 Å². The van der Waals surface area contributed by atoms with Crippen molar-refractivity contribution in [2.45, 2.75) is 19.9 Å². The van der Waals surface area contributed by atoms with E-state index in [1.165, 1.54) is 0 Å². The van der Waals surface area contributed by atoms with Gasteiger partial charge in [0.05, 0.1) is 35.1 Å². The normalized spacial score (nSPS) is 10.7. The maximum absolute atomic E-state index is 6.31. The lowest BCUT2D eigenvalue weighted by molar-refractivity contribution is 0.415. The van der Waals surface area contributed by atoms with Gasteiger partial charge in [-0.2, -0.15) is 5.10 Å². The van der Waals surface area contributed by atoms with Gasteiger partial charge >= 0.3 is 0 Å². The minimum absolute atomic E-state index is 0.572. The van der Waals surface area contributed by atoms with Gasteiger partial charge in [0, 0.05) is 12.7 Å². The van der Waals surface area contributed by atoms with Gasteiger partial charge in [0.1, 0.15) is 5.75 Å². The molecular weight excluding hydrogens is 297 g/mol. The molecule has 0 amide bonds. The number of benzene rings is 1. The Hall–Kier alpha value is -1.39. The van der Waals surface area contributed by atoms with E-state index >= 15 is 0 Å². The van der Waals surface area contributed by atoms with E-state index < -0.39 is 0 Å². The summed E-state index contributed by atoms with van der Waals surface area (Å²) in [5, 5.41) is 8.97. The molecule has 0 bridgehead atoms.